The molecule has 3 nitrogen and oxygen atoms in total. The van der Waals surface area contributed by atoms with Crippen molar-refractivity contribution in [3.8, 4) is 67.5 Å². The van der Waals surface area contributed by atoms with Gasteiger partial charge in [0.15, 0.2) is 17.5 Å². The summed E-state index contributed by atoms with van der Waals surface area (Å²) in [4.78, 5) is 15.3. The van der Waals surface area contributed by atoms with Gasteiger partial charge in [-0.05, 0) is 63.7 Å². The van der Waals surface area contributed by atoms with Crippen molar-refractivity contribution in [3.05, 3.63) is 188 Å². The largest absolute Gasteiger partial charge is 0.208 e. The van der Waals surface area contributed by atoms with Crippen LogP contribution >= 0.6 is 22.7 Å². The van der Waals surface area contributed by atoms with Crippen molar-refractivity contribution in [2.75, 3.05) is 0 Å². The number of fused-ring (bicyclic) bond motifs is 6. The molecule has 0 aliphatic rings. The number of nitrogens with zero attached hydrogens (tertiary/aromatic N) is 3. The van der Waals surface area contributed by atoms with Crippen LogP contribution in [-0.4, -0.2) is 15.0 Å². The second-order valence-electron chi connectivity index (χ2n) is 14.0. The SMILES string of the molecule is c1ccc(-c2ccc(-c3ccc4sc5cccc(-c6ccc(-c7nc(-c8ccccc8)nc(-c8cccc9c8sc8ccccc89)n7)cc6)c5c4c3)cc2)cc1. The molecule has 3 heterocycles. The maximum absolute atomic E-state index is 5.15. The van der Waals surface area contributed by atoms with Crippen molar-refractivity contribution in [1.29, 1.82) is 0 Å². The predicted octanol–water partition coefficient (Wildman–Crippen LogP) is 14.6. The van der Waals surface area contributed by atoms with E-state index in [4.69, 9.17) is 15.0 Å². The van der Waals surface area contributed by atoms with Crippen LogP contribution < -0.4 is 0 Å². The fourth-order valence-corrected chi connectivity index (χ4v) is 10.1. The van der Waals surface area contributed by atoms with Gasteiger partial charge in [-0.15, -0.1) is 22.7 Å². The van der Waals surface area contributed by atoms with Crippen LogP contribution in [0.15, 0.2) is 188 Å². The molecule has 0 aliphatic carbocycles. The Labute approximate surface area is 331 Å². The standard InChI is InChI=1S/C51H31N3S2/c1-3-11-32(12-4-1)33-21-23-34(24-22-33)38-29-30-45-43(31-38)47-39(16-10-20-46(47)55-45)35-25-27-37(28-26-35)50-52-49(36-13-5-2-6-14-36)53-51(54-50)42-18-9-17-41-40-15-7-8-19-44(40)56-48(41)42/h1-31H. The van der Waals surface area contributed by atoms with Crippen LogP contribution in [0.4, 0.5) is 0 Å². The summed E-state index contributed by atoms with van der Waals surface area (Å²) in [5.41, 5.74) is 10.2. The lowest BCUT2D eigenvalue weighted by molar-refractivity contribution is 1.08. The van der Waals surface area contributed by atoms with E-state index < -0.39 is 0 Å². The molecule has 262 valence electrons. The van der Waals surface area contributed by atoms with Crippen LogP contribution in [0.25, 0.3) is 108 Å². The predicted molar refractivity (Wildman–Crippen MR) is 238 cm³/mol. The molecular formula is C51H31N3S2. The van der Waals surface area contributed by atoms with Gasteiger partial charge in [-0.1, -0.05) is 158 Å². The number of hydrogen-bond acceptors (Lipinski definition) is 5. The third-order valence-electron chi connectivity index (χ3n) is 10.6. The fraction of sp³-hybridized carbons (Fsp3) is 0. The molecule has 3 aromatic heterocycles. The molecule has 0 amide bonds. The first-order valence-corrected chi connectivity index (χ1v) is 20.3. The highest BCUT2D eigenvalue weighted by Gasteiger charge is 2.18. The Hall–Kier alpha value is -6.79. The minimum absolute atomic E-state index is 0.653. The lowest BCUT2D eigenvalue weighted by Crippen LogP contribution is -2.00. The highest BCUT2D eigenvalue weighted by atomic mass is 32.1. The summed E-state index contributed by atoms with van der Waals surface area (Å²) in [7, 11) is 0. The van der Waals surface area contributed by atoms with Gasteiger partial charge in [0.05, 0.1) is 0 Å². The molecule has 0 bridgehead atoms. The molecule has 11 rings (SSSR count). The molecule has 0 spiro atoms. The average molecular weight is 750 g/mol. The molecule has 0 unspecified atom stereocenters. The highest BCUT2D eigenvalue weighted by Crippen LogP contribution is 2.43. The van der Waals surface area contributed by atoms with Gasteiger partial charge in [0, 0.05) is 57.0 Å². The van der Waals surface area contributed by atoms with Gasteiger partial charge in [0.2, 0.25) is 0 Å². The normalized spacial score (nSPS) is 11.6. The summed E-state index contributed by atoms with van der Waals surface area (Å²) < 4.78 is 5.01. The maximum atomic E-state index is 5.15. The molecule has 0 fully saturated rings. The summed E-state index contributed by atoms with van der Waals surface area (Å²) in [6, 6.07) is 66.9. The van der Waals surface area contributed by atoms with Crippen LogP contribution in [0.5, 0.6) is 0 Å². The molecule has 11 aromatic rings. The summed E-state index contributed by atoms with van der Waals surface area (Å²) in [6.07, 6.45) is 0. The van der Waals surface area contributed by atoms with Gasteiger partial charge in [-0.2, -0.15) is 0 Å². The minimum Gasteiger partial charge on any atom is -0.208 e. The number of benzene rings is 8. The smallest absolute Gasteiger partial charge is 0.165 e. The van der Waals surface area contributed by atoms with E-state index in [9.17, 15) is 0 Å². The fourth-order valence-electron chi connectivity index (χ4n) is 7.80. The molecule has 56 heavy (non-hydrogen) atoms. The zero-order valence-corrected chi connectivity index (χ0v) is 31.7. The maximum Gasteiger partial charge on any atom is 0.165 e. The number of hydrogen-bond donors (Lipinski definition) is 0. The van der Waals surface area contributed by atoms with Gasteiger partial charge in [-0.3, -0.25) is 0 Å². The lowest BCUT2D eigenvalue weighted by Gasteiger charge is -2.10. The van der Waals surface area contributed by atoms with Crippen LogP contribution in [0.3, 0.4) is 0 Å². The van der Waals surface area contributed by atoms with E-state index in [1.807, 2.05) is 29.5 Å². The van der Waals surface area contributed by atoms with E-state index in [1.165, 1.54) is 68.2 Å². The lowest BCUT2D eigenvalue weighted by atomic mass is 9.96. The Kier molecular flexibility index (Phi) is 7.87. The van der Waals surface area contributed by atoms with Gasteiger partial charge < -0.3 is 0 Å². The van der Waals surface area contributed by atoms with E-state index >= 15 is 0 Å². The van der Waals surface area contributed by atoms with E-state index in [0.717, 1.165) is 22.3 Å². The Morgan fingerprint density at radius 3 is 1.55 bits per heavy atom. The Morgan fingerprint density at radius 2 is 0.786 bits per heavy atom. The molecule has 0 aliphatic heterocycles. The highest BCUT2D eigenvalue weighted by molar-refractivity contribution is 7.26. The van der Waals surface area contributed by atoms with Crippen LogP contribution in [0.1, 0.15) is 0 Å². The summed E-state index contributed by atoms with van der Waals surface area (Å²) >= 11 is 3.64. The quantitative estimate of drug-likeness (QED) is 0.170. The van der Waals surface area contributed by atoms with Crippen LogP contribution in [-0.2, 0) is 0 Å². The summed E-state index contributed by atoms with van der Waals surface area (Å²) in [5, 5.41) is 5.04. The van der Waals surface area contributed by atoms with Gasteiger partial charge in [0.25, 0.3) is 0 Å². The second kappa shape index (κ2) is 13.5. The van der Waals surface area contributed by atoms with Crippen LogP contribution in [0.2, 0.25) is 0 Å². The zero-order valence-electron chi connectivity index (χ0n) is 30.1. The van der Waals surface area contributed by atoms with Crippen molar-refractivity contribution in [1.82, 2.24) is 15.0 Å². The van der Waals surface area contributed by atoms with Crippen molar-refractivity contribution in [2.24, 2.45) is 0 Å². The number of thiophene rings is 2. The molecule has 5 heteroatoms. The minimum atomic E-state index is 0.653. The van der Waals surface area contributed by atoms with E-state index in [1.54, 1.807) is 11.3 Å². The van der Waals surface area contributed by atoms with Gasteiger partial charge in [-0.25, -0.2) is 15.0 Å². The molecule has 0 N–H and O–H groups in total. The summed E-state index contributed by atoms with van der Waals surface area (Å²) in [6.45, 7) is 0. The third-order valence-corrected chi connectivity index (χ3v) is 12.9. The number of rotatable bonds is 6. The molecule has 0 radical (unpaired) electrons. The molecule has 8 aromatic carbocycles. The summed E-state index contributed by atoms with van der Waals surface area (Å²) in [5.74, 6) is 1.99. The Balaban J connectivity index is 0.993. The third kappa shape index (κ3) is 5.68. The first-order chi connectivity index (χ1) is 27.7. The zero-order chi connectivity index (χ0) is 37.0. The molecule has 0 saturated carbocycles. The van der Waals surface area contributed by atoms with Crippen molar-refractivity contribution in [3.63, 3.8) is 0 Å². The van der Waals surface area contributed by atoms with E-state index in [0.29, 0.717) is 17.5 Å². The van der Waals surface area contributed by atoms with Gasteiger partial charge in [0.1, 0.15) is 0 Å². The number of aromatic nitrogens is 3. The van der Waals surface area contributed by atoms with Crippen molar-refractivity contribution < 1.29 is 0 Å². The Bertz CT molecular complexity index is 3220. The average Bonchev–Trinajstić information content (AvgIpc) is 3.85. The first kappa shape index (κ1) is 32.6. The van der Waals surface area contributed by atoms with Crippen molar-refractivity contribution >= 4 is 63.0 Å². The first-order valence-electron chi connectivity index (χ1n) is 18.7. The Morgan fingerprint density at radius 1 is 0.286 bits per heavy atom. The molecule has 0 atom stereocenters. The molecular weight excluding hydrogens is 719 g/mol. The monoisotopic (exact) mass is 749 g/mol. The van der Waals surface area contributed by atoms with Crippen molar-refractivity contribution in [2.45, 2.75) is 0 Å². The van der Waals surface area contributed by atoms with E-state index in [-0.39, 0.29) is 0 Å². The second-order valence-corrected chi connectivity index (χ2v) is 16.1. The van der Waals surface area contributed by atoms with Crippen LogP contribution in [0, 0.1) is 0 Å². The molecule has 0 saturated heterocycles. The topological polar surface area (TPSA) is 38.7 Å². The van der Waals surface area contributed by atoms with Gasteiger partial charge >= 0.3 is 0 Å². The van der Waals surface area contributed by atoms with E-state index in [2.05, 4.69) is 170 Å².